The summed E-state index contributed by atoms with van der Waals surface area (Å²) in [6.45, 7) is 5.39. The maximum absolute atomic E-state index is 4.72. The standard InChI is InChI=1S/C18H29N3/c1-3-9-19-18-6-4-5-17(20-18)13-21(2)12-16-11-14-7-8-15(16)10-14/h4-6,14-16H,3,7-13H2,1-2H3,(H,19,20). The lowest BCUT2D eigenvalue weighted by molar-refractivity contribution is 0.213. The van der Waals surface area contributed by atoms with Gasteiger partial charge in [0.1, 0.15) is 5.82 Å². The van der Waals surface area contributed by atoms with Gasteiger partial charge in [-0.15, -0.1) is 0 Å². The van der Waals surface area contributed by atoms with E-state index in [1.807, 2.05) is 0 Å². The number of hydrogen-bond donors (Lipinski definition) is 1. The number of nitrogens with one attached hydrogen (secondary N) is 1. The third-order valence-electron chi connectivity index (χ3n) is 5.23. The molecule has 1 N–H and O–H groups in total. The molecular weight excluding hydrogens is 258 g/mol. The van der Waals surface area contributed by atoms with Crippen LogP contribution in [0.15, 0.2) is 18.2 Å². The van der Waals surface area contributed by atoms with E-state index in [4.69, 9.17) is 4.98 Å². The molecule has 0 amide bonds. The number of rotatable bonds is 7. The molecule has 0 spiro atoms. The van der Waals surface area contributed by atoms with Crippen LogP contribution in [0.25, 0.3) is 0 Å². The van der Waals surface area contributed by atoms with E-state index in [-0.39, 0.29) is 0 Å². The Morgan fingerprint density at radius 3 is 2.90 bits per heavy atom. The Hall–Kier alpha value is -1.09. The van der Waals surface area contributed by atoms with Crippen molar-refractivity contribution in [2.75, 3.05) is 25.5 Å². The molecule has 2 aliphatic rings. The number of pyridine rings is 1. The number of aromatic nitrogens is 1. The van der Waals surface area contributed by atoms with Gasteiger partial charge < -0.3 is 10.2 Å². The minimum atomic E-state index is 0.940. The van der Waals surface area contributed by atoms with Gasteiger partial charge in [-0.2, -0.15) is 0 Å². The fraction of sp³-hybridized carbons (Fsp3) is 0.722. The van der Waals surface area contributed by atoms with Gasteiger partial charge >= 0.3 is 0 Å². The molecule has 3 heteroatoms. The summed E-state index contributed by atoms with van der Waals surface area (Å²) in [5.74, 6) is 4.02. The van der Waals surface area contributed by atoms with E-state index in [1.54, 1.807) is 0 Å². The summed E-state index contributed by atoms with van der Waals surface area (Å²) in [6, 6.07) is 6.33. The Balaban J connectivity index is 1.51. The maximum Gasteiger partial charge on any atom is 0.126 e. The van der Waals surface area contributed by atoms with E-state index >= 15 is 0 Å². The highest BCUT2D eigenvalue weighted by atomic mass is 15.1. The zero-order valence-corrected chi connectivity index (χ0v) is 13.5. The van der Waals surface area contributed by atoms with E-state index in [0.29, 0.717) is 0 Å². The van der Waals surface area contributed by atoms with E-state index in [1.165, 1.54) is 37.9 Å². The van der Waals surface area contributed by atoms with Gasteiger partial charge in [-0.1, -0.05) is 19.4 Å². The molecule has 0 saturated heterocycles. The average Bonchev–Trinajstić information content (AvgIpc) is 3.08. The van der Waals surface area contributed by atoms with Gasteiger partial charge in [0, 0.05) is 19.6 Å². The van der Waals surface area contributed by atoms with Crippen LogP contribution in [0.4, 0.5) is 5.82 Å². The smallest absolute Gasteiger partial charge is 0.126 e. The fourth-order valence-electron chi connectivity index (χ4n) is 4.26. The molecule has 2 fully saturated rings. The molecule has 3 atom stereocenters. The fourth-order valence-corrected chi connectivity index (χ4v) is 4.26. The molecule has 0 aromatic carbocycles. The van der Waals surface area contributed by atoms with E-state index < -0.39 is 0 Å². The number of fused-ring (bicyclic) bond motifs is 2. The van der Waals surface area contributed by atoms with Crippen molar-refractivity contribution in [1.29, 1.82) is 0 Å². The second kappa shape index (κ2) is 6.78. The zero-order chi connectivity index (χ0) is 14.7. The SMILES string of the molecule is CCCNc1cccc(CN(C)CC2CC3CCC2C3)n1. The lowest BCUT2D eigenvalue weighted by Crippen LogP contribution is -2.28. The van der Waals surface area contributed by atoms with Gasteiger partial charge in [-0.3, -0.25) is 0 Å². The highest BCUT2D eigenvalue weighted by Crippen LogP contribution is 2.48. The van der Waals surface area contributed by atoms with Gasteiger partial charge in [0.25, 0.3) is 0 Å². The summed E-state index contributed by atoms with van der Waals surface area (Å²) in [5.41, 5.74) is 1.18. The monoisotopic (exact) mass is 287 g/mol. The number of anilines is 1. The third kappa shape index (κ3) is 3.76. The molecule has 1 aromatic rings. The van der Waals surface area contributed by atoms with Crippen molar-refractivity contribution in [2.45, 2.75) is 45.6 Å². The normalized spacial score (nSPS) is 27.5. The van der Waals surface area contributed by atoms with Gasteiger partial charge in [0.05, 0.1) is 5.69 Å². The second-order valence-electron chi connectivity index (χ2n) is 7.07. The Kier molecular flexibility index (Phi) is 4.79. The van der Waals surface area contributed by atoms with Crippen molar-refractivity contribution in [3.8, 4) is 0 Å². The van der Waals surface area contributed by atoms with Crippen LogP contribution in [-0.4, -0.2) is 30.0 Å². The van der Waals surface area contributed by atoms with Crippen molar-refractivity contribution in [2.24, 2.45) is 17.8 Å². The van der Waals surface area contributed by atoms with Crippen LogP contribution in [0.1, 0.15) is 44.7 Å². The summed E-state index contributed by atoms with van der Waals surface area (Å²) in [6.07, 6.45) is 7.10. The van der Waals surface area contributed by atoms with Crippen molar-refractivity contribution < 1.29 is 0 Å². The topological polar surface area (TPSA) is 28.2 Å². The molecule has 3 nitrogen and oxygen atoms in total. The number of nitrogens with zero attached hydrogens (tertiary/aromatic N) is 2. The summed E-state index contributed by atoms with van der Waals surface area (Å²) in [4.78, 5) is 7.19. The third-order valence-corrected chi connectivity index (χ3v) is 5.23. The summed E-state index contributed by atoms with van der Waals surface area (Å²) in [7, 11) is 2.25. The molecule has 2 saturated carbocycles. The first-order valence-electron chi connectivity index (χ1n) is 8.63. The first-order chi connectivity index (χ1) is 10.2. The Morgan fingerprint density at radius 1 is 1.29 bits per heavy atom. The minimum absolute atomic E-state index is 0.940. The molecule has 2 bridgehead atoms. The average molecular weight is 287 g/mol. The second-order valence-corrected chi connectivity index (χ2v) is 7.07. The molecule has 0 aliphatic heterocycles. The zero-order valence-electron chi connectivity index (χ0n) is 13.5. The first-order valence-corrected chi connectivity index (χ1v) is 8.63. The Morgan fingerprint density at radius 2 is 2.19 bits per heavy atom. The first kappa shape index (κ1) is 14.8. The van der Waals surface area contributed by atoms with E-state index in [9.17, 15) is 0 Å². The van der Waals surface area contributed by atoms with Crippen LogP contribution in [0.2, 0.25) is 0 Å². The van der Waals surface area contributed by atoms with E-state index in [2.05, 4.69) is 42.4 Å². The Bertz CT molecular complexity index is 460. The molecule has 1 heterocycles. The molecule has 3 unspecified atom stereocenters. The van der Waals surface area contributed by atoms with Crippen molar-refractivity contribution >= 4 is 5.82 Å². The van der Waals surface area contributed by atoms with Gasteiger partial charge in [-0.25, -0.2) is 4.98 Å². The van der Waals surface area contributed by atoms with Crippen molar-refractivity contribution in [3.05, 3.63) is 23.9 Å². The van der Waals surface area contributed by atoms with Crippen LogP contribution in [0.5, 0.6) is 0 Å². The highest BCUT2D eigenvalue weighted by Gasteiger charge is 2.39. The lowest BCUT2D eigenvalue weighted by atomic mass is 9.88. The van der Waals surface area contributed by atoms with E-state index in [0.717, 1.165) is 43.1 Å². The molecule has 1 aromatic heterocycles. The Labute approximate surface area is 129 Å². The molecule has 0 radical (unpaired) electrons. The highest BCUT2D eigenvalue weighted by molar-refractivity contribution is 5.35. The number of hydrogen-bond acceptors (Lipinski definition) is 3. The van der Waals surface area contributed by atoms with Crippen LogP contribution >= 0.6 is 0 Å². The predicted molar refractivity (Wildman–Crippen MR) is 88.3 cm³/mol. The van der Waals surface area contributed by atoms with Crippen LogP contribution in [0.3, 0.4) is 0 Å². The van der Waals surface area contributed by atoms with Crippen molar-refractivity contribution in [1.82, 2.24) is 9.88 Å². The summed E-state index contributed by atoms with van der Waals surface area (Å²) < 4.78 is 0. The van der Waals surface area contributed by atoms with Gasteiger partial charge in [0.2, 0.25) is 0 Å². The molecule has 116 valence electrons. The predicted octanol–water partition coefficient (Wildman–Crippen LogP) is 3.77. The van der Waals surface area contributed by atoms with Gasteiger partial charge in [-0.05, 0) is 62.6 Å². The van der Waals surface area contributed by atoms with Crippen LogP contribution in [-0.2, 0) is 6.54 Å². The van der Waals surface area contributed by atoms with Crippen LogP contribution in [0, 0.1) is 17.8 Å². The molecule has 3 rings (SSSR count). The lowest BCUT2D eigenvalue weighted by Gasteiger charge is -2.27. The molecule has 2 aliphatic carbocycles. The summed E-state index contributed by atoms with van der Waals surface area (Å²) in [5, 5.41) is 3.37. The van der Waals surface area contributed by atoms with Crippen LogP contribution < -0.4 is 5.32 Å². The maximum atomic E-state index is 4.72. The van der Waals surface area contributed by atoms with Crippen molar-refractivity contribution in [3.63, 3.8) is 0 Å². The minimum Gasteiger partial charge on any atom is -0.370 e. The molecular formula is C18H29N3. The quantitative estimate of drug-likeness (QED) is 0.827. The van der Waals surface area contributed by atoms with Gasteiger partial charge in [0.15, 0.2) is 0 Å². The summed E-state index contributed by atoms with van der Waals surface area (Å²) >= 11 is 0. The molecule has 21 heavy (non-hydrogen) atoms. The largest absolute Gasteiger partial charge is 0.370 e.